The average Bonchev–Trinajstić information content (AvgIpc) is 2.14. The van der Waals surface area contributed by atoms with Crippen LogP contribution >= 0.6 is 0 Å². The van der Waals surface area contributed by atoms with Crippen molar-refractivity contribution < 1.29 is 8.42 Å². The molecule has 1 N–H and O–H groups in total. The summed E-state index contributed by atoms with van der Waals surface area (Å²) in [7, 11) is -0.759. The minimum absolute atomic E-state index is 0.338. The Morgan fingerprint density at radius 2 is 1.80 bits per heavy atom. The summed E-state index contributed by atoms with van der Waals surface area (Å²) in [6, 6.07) is 0.605. The molecule has 0 spiro atoms. The minimum Gasteiger partial charge on any atom is -0.317 e. The Kier molecular flexibility index (Phi) is 8.06. The lowest BCUT2D eigenvalue weighted by molar-refractivity contribution is 0.460. The van der Waals surface area contributed by atoms with Crippen molar-refractivity contribution in [3.05, 3.63) is 0 Å². The summed E-state index contributed by atoms with van der Waals surface area (Å²) >= 11 is 0. The third-order valence-corrected chi connectivity index (χ3v) is 3.64. The van der Waals surface area contributed by atoms with Gasteiger partial charge in [0, 0.05) is 18.1 Å². The zero-order valence-corrected chi connectivity index (χ0v) is 11.1. The van der Waals surface area contributed by atoms with Gasteiger partial charge in [0.05, 0.1) is 0 Å². The van der Waals surface area contributed by atoms with Crippen molar-refractivity contribution in [1.29, 1.82) is 0 Å². The third-order valence-electron chi connectivity index (χ3n) is 2.61. The second-order valence-corrected chi connectivity index (χ2v) is 6.51. The molecular weight excluding hydrogens is 210 g/mol. The average molecular weight is 235 g/mol. The highest BCUT2D eigenvalue weighted by atomic mass is 32.2. The van der Waals surface area contributed by atoms with Gasteiger partial charge in [0.2, 0.25) is 0 Å². The topological polar surface area (TPSA) is 46.2 Å². The molecule has 0 aliphatic carbocycles. The molecule has 0 aromatic carbocycles. The van der Waals surface area contributed by atoms with Gasteiger partial charge in [0.1, 0.15) is 9.84 Å². The number of unbranched alkanes of at least 4 members (excludes halogenated alkanes) is 2. The molecule has 0 saturated carbocycles. The molecule has 0 aromatic rings. The van der Waals surface area contributed by atoms with Crippen molar-refractivity contribution in [3.8, 4) is 0 Å². The number of hydrogen-bond acceptors (Lipinski definition) is 3. The minimum atomic E-state index is -2.76. The van der Waals surface area contributed by atoms with E-state index in [1.807, 2.05) is 7.05 Å². The van der Waals surface area contributed by atoms with Crippen LogP contribution in [0.5, 0.6) is 0 Å². The van der Waals surface area contributed by atoms with Crippen molar-refractivity contribution in [1.82, 2.24) is 5.32 Å². The fraction of sp³-hybridized carbons (Fsp3) is 1.00. The molecule has 0 amide bonds. The van der Waals surface area contributed by atoms with Crippen molar-refractivity contribution in [2.24, 2.45) is 0 Å². The predicted molar refractivity (Wildman–Crippen MR) is 65.9 cm³/mol. The first-order valence-electron chi connectivity index (χ1n) is 5.84. The smallest absolute Gasteiger partial charge is 0.147 e. The molecule has 1 unspecified atom stereocenters. The van der Waals surface area contributed by atoms with Gasteiger partial charge in [0.15, 0.2) is 0 Å². The summed E-state index contributed by atoms with van der Waals surface area (Å²) in [5.74, 6) is 0.338. The Balaban J connectivity index is 3.44. The molecule has 0 saturated heterocycles. The third kappa shape index (κ3) is 10.2. The van der Waals surface area contributed by atoms with E-state index in [-0.39, 0.29) is 0 Å². The van der Waals surface area contributed by atoms with E-state index in [0.717, 1.165) is 25.7 Å². The highest BCUT2D eigenvalue weighted by Gasteiger charge is 2.05. The second-order valence-electron chi connectivity index (χ2n) is 4.25. The van der Waals surface area contributed by atoms with Crippen LogP contribution in [0.4, 0.5) is 0 Å². The fourth-order valence-corrected chi connectivity index (χ4v) is 2.44. The molecule has 0 heterocycles. The Hall–Kier alpha value is -0.0900. The summed E-state index contributed by atoms with van der Waals surface area (Å²) in [4.78, 5) is 0. The van der Waals surface area contributed by atoms with Gasteiger partial charge in [0.25, 0.3) is 0 Å². The summed E-state index contributed by atoms with van der Waals surface area (Å²) < 4.78 is 21.7. The molecule has 92 valence electrons. The van der Waals surface area contributed by atoms with E-state index >= 15 is 0 Å². The second kappa shape index (κ2) is 8.11. The molecule has 0 aromatic heterocycles. The van der Waals surface area contributed by atoms with Gasteiger partial charge in [-0.25, -0.2) is 8.42 Å². The van der Waals surface area contributed by atoms with Crippen LogP contribution in [0, 0.1) is 0 Å². The highest BCUT2D eigenvalue weighted by molar-refractivity contribution is 7.90. The van der Waals surface area contributed by atoms with Gasteiger partial charge in [-0.05, 0) is 26.3 Å². The maximum absolute atomic E-state index is 10.9. The van der Waals surface area contributed by atoms with Gasteiger partial charge >= 0.3 is 0 Å². The van der Waals surface area contributed by atoms with E-state index in [1.165, 1.54) is 19.1 Å². The fourth-order valence-electron chi connectivity index (χ4n) is 1.71. The van der Waals surface area contributed by atoms with Gasteiger partial charge in [-0.3, -0.25) is 0 Å². The monoisotopic (exact) mass is 235 g/mol. The molecule has 0 fully saturated rings. The lowest BCUT2D eigenvalue weighted by Crippen LogP contribution is -2.24. The van der Waals surface area contributed by atoms with Crippen molar-refractivity contribution in [3.63, 3.8) is 0 Å². The van der Waals surface area contributed by atoms with E-state index in [4.69, 9.17) is 0 Å². The Morgan fingerprint density at radius 3 is 2.27 bits per heavy atom. The number of nitrogens with one attached hydrogen (secondary N) is 1. The molecule has 0 bridgehead atoms. The number of sulfone groups is 1. The summed E-state index contributed by atoms with van der Waals surface area (Å²) in [6.07, 6.45) is 7.84. The molecule has 0 aliphatic rings. The molecule has 0 radical (unpaired) electrons. The molecule has 15 heavy (non-hydrogen) atoms. The van der Waals surface area contributed by atoms with Crippen molar-refractivity contribution >= 4 is 9.84 Å². The lowest BCUT2D eigenvalue weighted by atomic mass is 10.0. The number of rotatable bonds is 9. The van der Waals surface area contributed by atoms with Crippen molar-refractivity contribution in [2.45, 2.75) is 51.5 Å². The van der Waals surface area contributed by atoms with Crippen LogP contribution in [0.2, 0.25) is 0 Å². The van der Waals surface area contributed by atoms with Gasteiger partial charge in [-0.2, -0.15) is 0 Å². The van der Waals surface area contributed by atoms with Crippen LogP contribution in [0.1, 0.15) is 45.4 Å². The first-order valence-corrected chi connectivity index (χ1v) is 7.90. The van der Waals surface area contributed by atoms with Crippen LogP contribution in [-0.2, 0) is 9.84 Å². The zero-order chi connectivity index (χ0) is 11.7. The summed E-state index contributed by atoms with van der Waals surface area (Å²) in [5, 5.41) is 3.29. The lowest BCUT2D eigenvalue weighted by Gasteiger charge is -2.14. The molecule has 1 atom stereocenters. The van der Waals surface area contributed by atoms with Crippen LogP contribution in [0.25, 0.3) is 0 Å². The Labute approximate surface area is 94.6 Å². The van der Waals surface area contributed by atoms with Gasteiger partial charge in [-0.15, -0.1) is 0 Å². The van der Waals surface area contributed by atoms with Crippen LogP contribution in [0.15, 0.2) is 0 Å². The Bertz CT molecular complexity index is 237. The predicted octanol–water partition coefficient (Wildman–Crippen LogP) is 1.98. The van der Waals surface area contributed by atoms with Crippen LogP contribution < -0.4 is 5.32 Å². The Morgan fingerprint density at radius 1 is 1.13 bits per heavy atom. The zero-order valence-electron chi connectivity index (χ0n) is 10.3. The van der Waals surface area contributed by atoms with Gasteiger partial charge < -0.3 is 5.32 Å². The quantitative estimate of drug-likeness (QED) is 0.622. The molecule has 3 nitrogen and oxygen atoms in total. The maximum Gasteiger partial charge on any atom is 0.147 e. The van der Waals surface area contributed by atoms with Gasteiger partial charge in [-0.1, -0.05) is 26.2 Å². The van der Waals surface area contributed by atoms with Crippen LogP contribution in [0.3, 0.4) is 0 Å². The van der Waals surface area contributed by atoms with E-state index in [1.54, 1.807) is 0 Å². The maximum atomic E-state index is 10.9. The van der Waals surface area contributed by atoms with E-state index < -0.39 is 9.84 Å². The van der Waals surface area contributed by atoms with E-state index in [0.29, 0.717) is 11.8 Å². The largest absolute Gasteiger partial charge is 0.317 e. The van der Waals surface area contributed by atoms with E-state index in [2.05, 4.69) is 12.2 Å². The molecule has 0 aliphatic heterocycles. The standard InChI is InChI=1S/C11H25NO2S/c1-4-8-11(12-2)9-6-5-7-10-15(3,13)14/h11-12H,4-10H2,1-3H3. The first kappa shape index (κ1) is 14.9. The summed E-state index contributed by atoms with van der Waals surface area (Å²) in [5.41, 5.74) is 0. The van der Waals surface area contributed by atoms with Crippen LogP contribution in [-0.4, -0.2) is 33.5 Å². The normalized spacial score (nSPS) is 14.1. The van der Waals surface area contributed by atoms with E-state index in [9.17, 15) is 8.42 Å². The molecule has 4 heteroatoms. The first-order chi connectivity index (χ1) is 6.99. The molecule has 0 rings (SSSR count). The summed E-state index contributed by atoms with van der Waals surface area (Å²) in [6.45, 7) is 2.19. The number of hydrogen-bond donors (Lipinski definition) is 1. The SMILES string of the molecule is CCCC(CCCCCS(C)(=O)=O)NC. The van der Waals surface area contributed by atoms with Crippen molar-refractivity contribution in [2.75, 3.05) is 19.1 Å². The highest BCUT2D eigenvalue weighted by Crippen LogP contribution is 2.08. The molecular formula is C11H25NO2S.